The molecular formula is C16H13Cl2N5. The fourth-order valence-electron chi connectivity index (χ4n) is 1.91. The summed E-state index contributed by atoms with van der Waals surface area (Å²) >= 11 is 12.0. The van der Waals surface area contributed by atoms with Crippen molar-refractivity contribution in [2.24, 2.45) is 0 Å². The molecule has 3 aromatic rings. The first-order valence-electron chi connectivity index (χ1n) is 6.89. The van der Waals surface area contributed by atoms with Gasteiger partial charge in [0.25, 0.3) is 0 Å². The number of hydrogen-bond donors (Lipinski definition) is 2. The van der Waals surface area contributed by atoms with Crippen LogP contribution in [0.15, 0.2) is 54.9 Å². The molecule has 0 saturated carbocycles. The van der Waals surface area contributed by atoms with Crippen molar-refractivity contribution in [2.75, 3.05) is 10.6 Å². The van der Waals surface area contributed by atoms with E-state index in [9.17, 15) is 0 Å². The minimum atomic E-state index is 0.445. The second-order valence-corrected chi connectivity index (χ2v) is 5.53. The van der Waals surface area contributed by atoms with E-state index < -0.39 is 0 Å². The van der Waals surface area contributed by atoms with Crippen LogP contribution in [0.1, 0.15) is 5.69 Å². The number of nitrogens with zero attached hydrogens (tertiary/aromatic N) is 3. The van der Waals surface area contributed by atoms with Gasteiger partial charge in [-0.1, -0.05) is 29.3 Å². The summed E-state index contributed by atoms with van der Waals surface area (Å²) in [7, 11) is 0. The number of benzene rings is 1. The summed E-state index contributed by atoms with van der Waals surface area (Å²) < 4.78 is 0. The van der Waals surface area contributed by atoms with E-state index in [1.165, 1.54) is 0 Å². The van der Waals surface area contributed by atoms with E-state index in [0.717, 1.165) is 5.69 Å². The molecule has 0 atom stereocenters. The van der Waals surface area contributed by atoms with Gasteiger partial charge in [-0.25, -0.2) is 4.98 Å². The zero-order valence-electron chi connectivity index (χ0n) is 12.0. The second-order valence-electron chi connectivity index (χ2n) is 4.69. The Balaban J connectivity index is 1.69. The number of anilines is 3. The smallest absolute Gasteiger partial charge is 0.229 e. The Morgan fingerprint density at radius 1 is 0.957 bits per heavy atom. The lowest BCUT2D eigenvalue weighted by Gasteiger charge is -2.09. The fourth-order valence-corrected chi connectivity index (χ4v) is 2.37. The molecule has 2 heterocycles. The SMILES string of the molecule is Clc1ccc(Nc2nccc(NCc3ccccn3)n2)c(Cl)c1. The summed E-state index contributed by atoms with van der Waals surface area (Å²) in [5.41, 5.74) is 1.62. The van der Waals surface area contributed by atoms with Crippen LogP contribution in [0.4, 0.5) is 17.5 Å². The average molecular weight is 346 g/mol. The third-order valence-corrected chi connectivity index (χ3v) is 3.56. The molecule has 0 aliphatic rings. The summed E-state index contributed by atoms with van der Waals surface area (Å²) in [6, 6.07) is 12.7. The Hall–Kier alpha value is -2.37. The van der Waals surface area contributed by atoms with Crippen LogP contribution in [0.3, 0.4) is 0 Å². The number of rotatable bonds is 5. The lowest BCUT2D eigenvalue weighted by Crippen LogP contribution is -2.05. The predicted octanol–water partition coefficient (Wildman–Crippen LogP) is 4.53. The molecule has 2 N–H and O–H groups in total. The number of aromatic nitrogens is 3. The Morgan fingerprint density at radius 2 is 1.87 bits per heavy atom. The van der Waals surface area contributed by atoms with Gasteiger partial charge in [0.15, 0.2) is 0 Å². The average Bonchev–Trinajstić information content (AvgIpc) is 2.57. The molecule has 0 aliphatic carbocycles. The summed E-state index contributed by atoms with van der Waals surface area (Å²) in [6.45, 7) is 0.582. The highest BCUT2D eigenvalue weighted by atomic mass is 35.5. The van der Waals surface area contributed by atoms with Crippen molar-refractivity contribution >= 4 is 40.7 Å². The van der Waals surface area contributed by atoms with E-state index in [-0.39, 0.29) is 0 Å². The van der Waals surface area contributed by atoms with E-state index in [1.807, 2.05) is 18.2 Å². The van der Waals surface area contributed by atoms with E-state index >= 15 is 0 Å². The van der Waals surface area contributed by atoms with Crippen LogP contribution in [0.25, 0.3) is 0 Å². The second kappa shape index (κ2) is 7.26. The van der Waals surface area contributed by atoms with Crippen molar-refractivity contribution in [3.8, 4) is 0 Å². The molecule has 0 unspecified atom stereocenters. The van der Waals surface area contributed by atoms with E-state index in [2.05, 4.69) is 25.6 Å². The molecule has 7 heteroatoms. The van der Waals surface area contributed by atoms with Gasteiger partial charge in [0.05, 0.1) is 22.9 Å². The Morgan fingerprint density at radius 3 is 2.65 bits per heavy atom. The van der Waals surface area contributed by atoms with Crippen molar-refractivity contribution in [1.29, 1.82) is 0 Å². The summed E-state index contributed by atoms with van der Waals surface area (Å²) in [5.74, 6) is 1.14. The standard InChI is InChI=1S/C16H13Cl2N5/c17-11-4-5-14(13(18)9-11)22-16-20-8-6-15(23-16)21-10-12-3-1-2-7-19-12/h1-9H,10H2,(H2,20,21,22,23). The molecule has 0 aliphatic heterocycles. The van der Waals surface area contributed by atoms with Crippen molar-refractivity contribution in [3.63, 3.8) is 0 Å². The molecule has 3 rings (SSSR count). The van der Waals surface area contributed by atoms with Gasteiger partial charge in [-0.05, 0) is 36.4 Å². The summed E-state index contributed by atoms with van der Waals surface area (Å²) in [5, 5.41) is 7.36. The van der Waals surface area contributed by atoms with Gasteiger partial charge < -0.3 is 10.6 Å². The van der Waals surface area contributed by atoms with Crippen LogP contribution in [-0.2, 0) is 6.54 Å². The van der Waals surface area contributed by atoms with Gasteiger partial charge in [0.1, 0.15) is 5.82 Å². The first kappa shape index (κ1) is 15.5. The molecule has 0 saturated heterocycles. The van der Waals surface area contributed by atoms with Crippen molar-refractivity contribution < 1.29 is 0 Å². The lowest BCUT2D eigenvalue weighted by atomic mass is 10.3. The van der Waals surface area contributed by atoms with Gasteiger partial charge in [-0.2, -0.15) is 4.98 Å². The Kier molecular flexibility index (Phi) is 4.90. The lowest BCUT2D eigenvalue weighted by molar-refractivity contribution is 1.02. The third kappa shape index (κ3) is 4.31. The first-order valence-corrected chi connectivity index (χ1v) is 7.65. The Labute approximate surface area is 143 Å². The number of hydrogen-bond acceptors (Lipinski definition) is 5. The van der Waals surface area contributed by atoms with Crippen LogP contribution < -0.4 is 10.6 Å². The largest absolute Gasteiger partial charge is 0.364 e. The van der Waals surface area contributed by atoms with E-state index in [4.69, 9.17) is 23.2 Å². The summed E-state index contributed by atoms with van der Waals surface area (Å²) in [6.07, 6.45) is 3.42. The maximum absolute atomic E-state index is 6.13. The molecule has 0 fully saturated rings. The van der Waals surface area contributed by atoms with Gasteiger partial charge >= 0.3 is 0 Å². The van der Waals surface area contributed by atoms with Crippen molar-refractivity contribution in [1.82, 2.24) is 15.0 Å². The molecule has 0 spiro atoms. The molecule has 0 amide bonds. The highest BCUT2D eigenvalue weighted by Gasteiger charge is 2.04. The van der Waals surface area contributed by atoms with Crippen LogP contribution in [-0.4, -0.2) is 15.0 Å². The van der Waals surface area contributed by atoms with Crippen LogP contribution in [0.5, 0.6) is 0 Å². The Bertz CT molecular complexity index is 795. The molecule has 23 heavy (non-hydrogen) atoms. The molecule has 0 bridgehead atoms. The van der Waals surface area contributed by atoms with E-state index in [1.54, 1.807) is 36.7 Å². The molecule has 5 nitrogen and oxygen atoms in total. The monoisotopic (exact) mass is 345 g/mol. The van der Waals surface area contributed by atoms with Crippen molar-refractivity contribution in [3.05, 3.63) is 70.6 Å². The van der Waals surface area contributed by atoms with Gasteiger partial charge in [0, 0.05) is 17.4 Å². The van der Waals surface area contributed by atoms with Crippen LogP contribution in [0.2, 0.25) is 10.0 Å². The molecule has 0 radical (unpaired) electrons. The minimum absolute atomic E-state index is 0.445. The number of pyridine rings is 1. The molecule has 116 valence electrons. The zero-order valence-corrected chi connectivity index (χ0v) is 13.5. The van der Waals surface area contributed by atoms with Crippen LogP contribution >= 0.6 is 23.2 Å². The maximum atomic E-state index is 6.13. The minimum Gasteiger partial charge on any atom is -0.364 e. The van der Waals surface area contributed by atoms with Gasteiger partial charge in [-0.3, -0.25) is 4.98 Å². The fraction of sp³-hybridized carbons (Fsp3) is 0.0625. The summed E-state index contributed by atoms with van der Waals surface area (Å²) in [4.78, 5) is 12.8. The third-order valence-electron chi connectivity index (χ3n) is 3.01. The maximum Gasteiger partial charge on any atom is 0.229 e. The van der Waals surface area contributed by atoms with Crippen molar-refractivity contribution in [2.45, 2.75) is 6.54 Å². The van der Waals surface area contributed by atoms with E-state index in [0.29, 0.717) is 34.0 Å². The van der Waals surface area contributed by atoms with Gasteiger partial charge in [-0.15, -0.1) is 0 Å². The van der Waals surface area contributed by atoms with Crippen LogP contribution in [0, 0.1) is 0 Å². The molecule has 1 aromatic carbocycles. The quantitative estimate of drug-likeness (QED) is 0.710. The molecule has 2 aromatic heterocycles. The highest BCUT2D eigenvalue weighted by Crippen LogP contribution is 2.27. The normalized spacial score (nSPS) is 10.3. The highest BCUT2D eigenvalue weighted by molar-refractivity contribution is 6.36. The number of nitrogens with one attached hydrogen (secondary N) is 2. The number of halogens is 2. The van der Waals surface area contributed by atoms with Gasteiger partial charge in [0.2, 0.25) is 5.95 Å². The topological polar surface area (TPSA) is 62.7 Å². The zero-order chi connectivity index (χ0) is 16.1. The first-order chi connectivity index (χ1) is 11.2. The molecular weight excluding hydrogens is 333 g/mol. The predicted molar refractivity (Wildman–Crippen MR) is 93.3 cm³/mol.